The summed E-state index contributed by atoms with van der Waals surface area (Å²) >= 11 is 0. The topological polar surface area (TPSA) is 46.0 Å². The molecule has 1 heterocycles. The Morgan fingerprint density at radius 3 is 2.50 bits per heavy atom. The second-order valence-electron chi connectivity index (χ2n) is 4.08. The second kappa shape index (κ2) is 5.05. The van der Waals surface area contributed by atoms with Gasteiger partial charge in [0, 0.05) is 18.8 Å². The lowest BCUT2D eigenvalue weighted by molar-refractivity contribution is 0.147. The van der Waals surface area contributed by atoms with Gasteiger partial charge in [-0.05, 0) is 19.3 Å². The molecule has 0 aliphatic heterocycles. The number of aliphatic hydroxyl groups excluding tert-OH is 1. The molecule has 1 unspecified atom stereocenters. The summed E-state index contributed by atoms with van der Waals surface area (Å²) in [6.07, 6.45) is 4.47. The quantitative estimate of drug-likeness (QED) is 0.794. The van der Waals surface area contributed by atoms with Crippen LogP contribution in [0.1, 0.15) is 31.7 Å². The Morgan fingerprint density at radius 2 is 1.93 bits per heavy atom. The molecule has 3 heteroatoms. The molecule has 0 amide bonds. The monoisotopic (exact) mass is 194 g/mol. The molecule has 1 aromatic heterocycles. The van der Waals surface area contributed by atoms with Crippen molar-refractivity contribution < 1.29 is 5.11 Å². The van der Waals surface area contributed by atoms with Gasteiger partial charge < -0.3 is 5.11 Å². The van der Waals surface area contributed by atoms with Crippen LogP contribution in [0.25, 0.3) is 0 Å². The molecule has 3 nitrogen and oxygen atoms in total. The Morgan fingerprint density at radius 1 is 1.29 bits per heavy atom. The molecular weight excluding hydrogens is 176 g/mol. The maximum atomic E-state index is 9.73. The van der Waals surface area contributed by atoms with Gasteiger partial charge in [-0.3, -0.25) is 9.97 Å². The zero-order valence-electron chi connectivity index (χ0n) is 9.07. The van der Waals surface area contributed by atoms with Crippen LogP contribution in [0, 0.1) is 12.8 Å². The summed E-state index contributed by atoms with van der Waals surface area (Å²) in [5.41, 5.74) is 1.82. The molecule has 0 saturated heterocycles. The van der Waals surface area contributed by atoms with Gasteiger partial charge in [0.1, 0.15) is 0 Å². The summed E-state index contributed by atoms with van der Waals surface area (Å²) in [7, 11) is 0. The number of aromatic nitrogens is 2. The first-order valence-electron chi connectivity index (χ1n) is 5.04. The Kier molecular flexibility index (Phi) is 4.01. The number of rotatable bonds is 4. The van der Waals surface area contributed by atoms with Crippen LogP contribution in [0.2, 0.25) is 0 Å². The van der Waals surface area contributed by atoms with E-state index < -0.39 is 0 Å². The van der Waals surface area contributed by atoms with E-state index in [1.807, 2.05) is 6.92 Å². The van der Waals surface area contributed by atoms with Gasteiger partial charge in [-0.15, -0.1) is 0 Å². The van der Waals surface area contributed by atoms with Gasteiger partial charge in [0.25, 0.3) is 0 Å². The van der Waals surface area contributed by atoms with E-state index in [0.717, 1.165) is 17.8 Å². The minimum atomic E-state index is -0.301. The van der Waals surface area contributed by atoms with E-state index in [1.165, 1.54) is 0 Å². The average molecular weight is 194 g/mol. The predicted molar refractivity (Wildman–Crippen MR) is 55.9 cm³/mol. The molecule has 1 N–H and O–H groups in total. The van der Waals surface area contributed by atoms with E-state index in [-0.39, 0.29) is 6.10 Å². The van der Waals surface area contributed by atoms with Crippen molar-refractivity contribution >= 4 is 0 Å². The van der Waals surface area contributed by atoms with Crippen molar-refractivity contribution in [1.29, 1.82) is 0 Å². The number of aliphatic hydroxyl groups is 1. The molecule has 14 heavy (non-hydrogen) atoms. The SMILES string of the molecule is Cc1nccnc1CC(O)CC(C)C. The van der Waals surface area contributed by atoms with Gasteiger partial charge in [0.2, 0.25) is 0 Å². The molecule has 0 aliphatic carbocycles. The third-order valence-electron chi connectivity index (χ3n) is 2.16. The van der Waals surface area contributed by atoms with Crippen LogP contribution in [0.5, 0.6) is 0 Å². The first kappa shape index (κ1) is 11.1. The minimum absolute atomic E-state index is 0.301. The second-order valence-corrected chi connectivity index (χ2v) is 4.08. The van der Waals surface area contributed by atoms with Crippen LogP contribution in [-0.2, 0) is 6.42 Å². The lowest BCUT2D eigenvalue weighted by atomic mass is 10.0. The summed E-state index contributed by atoms with van der Waals surface area (Å²) in [5.74, 6) is 0.516. The molecule has 0 saturated carbocycles. The number of aryl methyl sites for hydroxylation is 1. The highest BCUT2D eigenvalue weighted by Crippen LogP contribution is 2.10. The molecule has 1 atom stereocenters. The fourth-order valence-electron chi connectivity index (χ4n) is 1.49. The Labute approximate surface area is 85.2 Å². The van der Waals surface area contributed by atoms with Crippen molar-refractivity contribution in [2.24, 2.45) is 5.92 Å². The van der Waals surface area contributed by atoms with Crippen molar-refractivity contribution in [3.05, 3.63) is 23.8 Å². The average Bonchev–Trinajstić information content (AvgIpc) is 2.07. The maximum Gasteiger partial charge on any atom is 0.0641 e. The molecule has 0 bridgehead atoms. The number of hydrogen-bond acceptors (Lipinski definition) is 3. The van der Waals surface area contributed by atoms with Gasteiger partial charge in [-0.2, -0.15) is 0 Å². The van der Waals surface area contributed by atoms with Crippen LogP contribution in [0.15, 0.2) is 12.4 Å². The molecule has 1 rings (SSSR count). The fraction of sp³-hybridized carbons (Fsp3) is 0.636. The molecule has 0 spiro atoms. The van der Waals surface area contributed by atoms with Crippen LogP contribution in [0.4, 0.5) is 0 Å². The van der Waals surface area contributed by atoms with E-state index in [1.54, 1.807) is 12.4 Å². The lowest BCUT2D eigenvalue weighted by Gasteiger charge is -2.12. The van der Waals surface area contributed by atoms with Gasteiger partial charge in [-0.25, -0.2) is 0 Å². The van der Waals surface area contributed by atoms with Crippen molar-refractivity contribution in [1.82, 2.24) is 9.97 Å². The van der Waals surface area contributed by atoms with E-state index in [2.05, 4.69) is 23.8 Å². The molecule has 78 valence electrons. The highest BCUT2D eigenvalue weighted by atomic mass is 16.3. The van der Waals surface area contributed by atoms with Gasteiger partial charge in [0.15, 0.2) is 0 Å². The highest BCUT2D eigenvalue weighted by molar-refractivity contribution is 5.09. The smallest absolute Gasteiger partial charge is 0.0641 e. The summed E-state index contributed by atoms with van der Waals surface area (Å²) < 4.78 is 0. The van der Waals surface area contributed by atoms with Crippen molar-refractivity contribution in [2.75, 3.05) is 0 Å². The van der Waals surface area contributed by atoms with E-state index in [0.29, 0.717) is 12.3 Å². The predicted octanol–water partition coefficient (Wildman–Crippen LogP) is 1.73. The van der Waals surface area contributed by atoms with Crippen molar-refractivity contribution in [3.63, 3.8) is 0 Å². The zero-order chi connectivity index (χ0) is 10.6. The molecular formula is C11H18N2O. The molecule has 1 aromatic rings. The standard InChI is InChI=1S/C11H18N2O/c1-8(2)6-10(14)7-11-9(3)12-4-5-13-11/h4-5,8,10,14H,6-7H2,1-3H3. The number of nitrogens with zero attached hydrogens (tertiary/aromatic N) is 2. The fourth-order valence-corrected chi connectivity index (χ4v) is 1.49. The van der Waals surface area contributed by atoms with Crippen LogP contribution in [-0.4, -0.2) is 21.2 Å². The summed E-state index contributed by atoms with van der Waals surface area (Å²) in [6, 6.07) is 0. The van der Waals surface area contributed by atoms with Gasteiger partial charge in [-0.1, -0.05) is 13.8 Å². The van der Waals surface area contributed by atoms with Crippen LogP contribution >= 0.6 is 0 Å². The summed E-state index contributed by atoms with van der Waals surface area (Å²) in [6.45, 7) is 6.13. The maximum absolute atomic E-state index is 9.73. The highest BCUT2D eigenvalue weighted by Gasteiger charge is 2.10. The van der Waals surface area contributed by atoms with Crippen LogP contribution in [0.3, 0.4) is 0 Å². The molecule has 0 aromatic carbocycles. The largest absolute Gasteiger partial charge is 0.393 e. The van der Waals surface area contributed by atoms with Gasteiger partial charge >= 0.3 is 0 Å². The molecule has 0 aliphatic rings. The summed E-state index contributed by atoms with van der Waals surface area (Å²) in [5, 5.41) is 9.73. The van der Waals surface area contributed by atoms with Crippen LogP contribution < -0.4 is 0 Å². The summed E-state index contributed by atoms with van der Waals surface area (Å²) in [4.78, 5) is 8.34. The Bertz CT molecular complexity index is 286. The molecule has 0 fully saturated rings. The van der Waals surface area contributed by atoms with E-state index in [4.69, 9.17) is 0 Å². The van der Waals surface area contributed by atoms with Gasteiger partial charge in [0.05, 0.1) is 17.5 Å². The van der Waals surface area contributed by atoms with Crippen molar-refractivity contribution in [2.45, 2.75) is 39.7 Å². The first-order chi connectivity index (χ1) is 6.59. The minimum Gasteiger partial charge on any atom is -0.393 e. The third-order valence-corrected chi connectivity index (χ3v) is 2.16. The third kappa shape index (κ3) is 3.42. The van der Waals surface area contributed by atoms with E-state index in [9.17, 15) is 5.11 Å². The molecule has 0 radical (unpaired) electrons. The Balaban J connectivity index is 2.56. The zero-order valence-corrected chi connectivity index (χ0v) is 9.07. The number of hydrogen-bond donors (Lipinski definition) is 1. The van der Waals surface area contributed by atoms with E-state index >= 15 is 0 Å². The first-order valence-corrected chi connectivity index (χ1v) is 5.04. The van der Waals surface area contributed by atoms with Crippen molar-refractivity contribution in [3.8, 4) is 0 Å². The lowest BCUT2D eigenvalue weighted by Crippen LogP contribution is -2.15. The Hall–Kier alpha value is -0.960. The normalized spacial score (nSPS) is 13.2.